The van der Waals surface area contributed by atoms with Crippen molar-refractivity contribution in [2.24, 2.45) is 0 Å². The molecule has 4 amide bonds. The molecule has 18 heteroatoms. The van der Waals surface area contributed by atoms with E-state index in [0.717, 1.165) is 38.5 Å². The molecule has 4 atom stereocenters. The normalized spacial score (nSPS) is 18.0. The number of nitrogens with zero attached hydrogens (tertiary/aromatic N) is 4. The number of hydrogen-bond acceptors (Lipinski definition) is 14. The van der Waals surface area contributed by atoms with Gasteiger partial charge in [0.25, 0.3) is 11.8 Å². The lowest BCUT2D eigenvalue weighted by atomic mass is 9.93. The molecule has 0 spiro atoms. The van der Waals surface area contributed by atoms with E-state index in [-0.39, 0.29) is 60.6 Å². The topological polar surface area (TPSA) is 184 Å². The van der Waals surface area contributed by atoms with Gasteiger partial charge < -0.3 is 67.6 Å². The van der Waals surface area contributed by atoms with Gasteiger partial charge in [-0.3, -0.25) is 9.59 Å². The van der Waals surface area contributed by atoms with Crippen LogP contribution in [0.3, 0.4) is 0 Å². The van der Waals surface area contributed by atoms with Gasteiger partial charge >= 0.3 is 12.2 Å². The molecule has 0 saturated carbocycles. The number of aldehydes is 1. The zero-order chi connectivity index (χ0) is 56.0. The summed E-state index contributed by atoms with van der Waals surface area (Å²) in [5.41, 5.74) is -0.254. The lowest BCUT2D eigenvalue weighted by molar-refractivity contribution is -0.109. The molecular weight excluding hydrogens is 963 g/mol. The molecular formula is C57H93N5O13. The molecule has 75 heavy (non-hydrogen) atoms. The summed E-state index contributed by atoms with van der Waals surface area (Å²) in [4.78, 5) is 72.4. The predicted molar refractivity (Wildman–Crippen MR) is 291 cm³/mol. The third-order valence-electron chi connectivity index (χ3n) is 12.7. The second kappa shape index (κ2) is 31.0. The molecule has 2 saturated heterocycles. The third kappa shape index (κ3) is 20.6. The van der Waals surface area contributed by atoms with Crippen molar-refractivity contribution < 1.29 is 61.9 Å². The minimum Gasteiger partial charge on any atom is -0.493 e. The van der Waals surface area contributed by atoms with Crippen molar-refractivity contribution in [2.75, 3.05) is 74.5 Å². The Balaban J connectivity index is 0.000000397. The number of methoxy groups -OCH3 is 4. The molecule has 0 aromatic heterocycles. The maximum atomic E-state index is 13.9. The molecule has 2 fully saturated rings. The molecule has 2 aromatic rings. The lowest BCUT2D eigenvalue weighted by Gasteiger charge is -2.45. The zero-order valence-corrected chi connectivity index (χ0v) is 48.3. The highest BCUT2D eigenvalue weighted by Crippen LogP contribution is 2.34. The van der Waals surface area contributed by atoms with Gasteiger partial charge in [-0.1, -0.05) is 13.8 Å². The minimum atomic E-state index is -0.661. The first kappa shape index (κ1) is 64.0. The Morgan fingerprint density at radius 2 is 1.03 bits per heavy atom. The van der Waals surface area contributed by atoms with Crippen LogP contribution in [-0.4, -0.2) is 178 Å². The van der Waals surface area contributed by atoms with Crippen LogP contribution in [0.2, 0.25) is 0 Å². The molecule has 424 valence electrons. The molecule has 0 aliphatic carbocycles. The predicted octanol–water partition coefficient (Wildman–Crippen LogP) is 9.44. The molecule has 2 aromatic carbocycles. The summed E-state index contributed by atoms with van der Waals surface area (Å²) in [6.07, 6.45) is 5.45. The van der Waals surface area contributed by atoms with Crippen molar-refractivity contribution in [2.45, 2.75) is 188 Å². The van der Waals surface area contributed by atoms with Crippen LogP contribution in [-0.2, 0) is 23.7 Å². The van der Waals surface area contributed by atoms with Crippen LogP contribution in [0.1, 0.15) is 155 Å². The number of benzene rings is 2. The number of ether oxygens (including phenoxy) is 8. The Kier molecular flexibility index (Phi) is 26.5. The summed E-state index contributed by atoms with van der Waals surface area (Å²) in [5, 5.41) is 3.46. The lowest BCUT2D eigenvalue weighted by Crippen LogP contribution is -2.57. The Labute approximate surface area is 448 Å². The maximum absolute atomic E-state index is 13.9. The summed E-state index contributed by atoms with van der Waals surface area (Å²) in [6, 6.07) is 10.1. The second-order valence-electron chi connectivity index (χ2n) is 22.1. The van der Waals surface area contributed by atoms with Gasteiger partial charge in [-0.05, 0) is 144 Å². The number of piperidine rings is 2. The molecule has 0 bridgehead atoms. The fourth-order valence-electron chi connectivity index (χ4n) is 9.31. The Morgan fingerprint density at radius 1 is 0.613 bits per heavy atom. The number of carbonyl (C=O) groups is 5. The number of amides is 4. The molecule has 4 rings (SSSR count). The monoisotopic (exact) mass is 1060 g/mol. The van der Waals surface area contributed by atoms with E-state index >= 15 is 0 Å². The van der Waals surface area contributed by atoms with Crippen molar-refractivity contribution in [3.8, 4) is 23.0 Å². The fraction of sp³-hybridized carbons (Fsp3) is 0.702. The molecule has 0 radical (unpaired) electrons. The van der Waals surface area contributed by atoms with Gasteiger partial charge in [-0.2, -0.15) is 0 Å². The first-order valence-corrected chi connectivity index (χ1v) is 26.8. The smallest absolute Gasteiger partial charge is 0.410 e. The van der Waals surface area contributed by atoms with Gasteiger partial charge in [0.05, 0.1) is 39.5 Å². The Morgan fingerprint density at radius 3 is 1.39 bits per heavy atom. The summed E-state index contributed by atoms with van der Waals surface area (Å²) < 4.78 is 44.2. The van der Waals surface area contributed by atoms with Gasteiger partial charge in [0, 0.05) is 101 Å². The van der Waals surface area contributed by atoms with E-state index in [2.05, 4.69) is 19.2 Å². The number of carbonyl (C=O) groups excluding carboxylic acids is 5. The van der Waals surface area contributed by atoms with Crippen LogP contribution in [0, 0.1) is 0 Å². The van der Waals surface area contributed by atoms with E-state index in [1.165, 1.54) is 0 Å². The Bertz CT molecular complexity index is 2090. The van der Waals surface area contributed by atoms with Crippen LogP contribution in [0.25, 0.3) is 0 Å². The zero-order valence-electron chi connectivity index (χ0n) is 48.3. The van der Waals surface area contributed by atoms with Crippen LogP contribution in [0.4, 0.5) is 9.59 Å². The van der Waals surface area contributed by atoms with Crippen molar-refractivity contribution in [1.82, 2.24) is 24.9 Å². The van der Waals surface area contributed by atoms with Gasteiger partial charge in [-0.15, -0.1) is 0 Å². The fourth-order valence-corrected chi connectivity index (χ4v) is 9.31. The molecule has 1 N–H and O–H groups in total. The first-order chi connectivity index (χ1) is 35.4. The molecule has 18 nitrogen and oxygen atoms in total. The van der Waals surface area contributed by atoms with Crippen molar-refractivity contribution in [1.29, 1.82) is 0 Å². The van der Waals surface area contributed by atoms with Crippen molar-refractivity contribution in [3.63, 3.8) is 0 Å². The summed E-state index contributed by atoms with van der Waals surface area (Å²) in [6.45, 7) is 26.8. The van der Waals surface area contributed by atoms with E-state index < -0.39 is 17.3 Å². The van der Waals surface area contributed by atoms with Crippen LogP contribution >= 0.6 is 0 Å². The van der Waals surface area contributed by atoms with Crippen LogP contribution < -0.4 is 24.3 Å². The minimum absolute atomic E-state index is 0.0551. The van der Waals surface area contributed by atoms with Gasteiger partial charge in [-0.25, -0.2) is 9.59 Å². The number of rotatable bonds is 24. The summed E-state index contributed by atoms with van der Waals surface area (Å²) in [5.74, 6) is 1.89. The highest BCUT2D eigenvalue weighted by molar-refractivity contribution is 5.96. The standard InChI is InChI=1S/C30H51N3O6.C27H42N2O7/c1-21(2)31-16-15-24-12-13-25(20-32(24)29(35)39-30(5,6)7)33(22(3)4)28(34)23-11-14-26(37-9)27(19-23)38-18-10-17-36-8;1-19(2)29(22-11-10-21(13-14-30)28(18-22)26(32)36-27(3,4)5)25(31)20-9-12-23(34-7)24(17-20)35-16-8-15-33-6/h11,14,19,21-22,24-25,31H,10,12-13,15-18,20H2,1-9H3;9,12,14,17,19,21-22H,8,10-11,13,15-16,18H2,1-7H3/t24-,25?;21-,22?/m11/s1. The van der Waals surface area contributed by atoms with E-state index in [4.69, 9.17) is 37.9 Å². The van der Waals surface area contributed by atoms with Crippen LogP contribution in [0.5, 0.6) is 23.0 Å². The van der Waals surface area contributed by atoms with E-state index in [9.17, 15) is 24.0 Å². The first-order valence-electron chi connectivity index (χ1n) is 26.8. The van der Waals surface area contributed by atoms with Crippen molar-refractivity contribution in [3.05, 3.63) is 47.5 Å². The quantitative estimate of drug-likeness (QED) is 0.0775. The highest BCUT2D eigenvalue weighted by atomic mass is 16.6. The van der Waals surface area contributed by atoms with E-state index in [1.807, 2.05) is 83.9 Å². The number of nitrogens with one attached hydrogen (secondary N) is 1. The number of hydrogen-bond donors (Lipinski definition) is 1. The van der Waals surface area contributed by atoms with E-state index in [1.54, 1.807) is 69.7 Å². The van der Waals surface area contributed by atoms with Gasteiger partial charge in [0.15, 0.2) is 23.0 Å². The average molecular weight is 1060 g/mol. The number of likely N-dealkylation sites (tertiary alicyclic amines) is 2. The van der Waals surface area contributed by atoms with Gasteiger partial charge in [0.1, 0.15) is 17.5 Å². The largest absolute Gasteiger partial charge is 0.493 e. The second-order valence-corrected chi connectivity index (χ2v) is 22.1. The van der Waals surface area contributed by atoms with Crippen LogP contribution in [0.15, 0.2) is 36.4 Å². The highest BCUT2D eigenvalue weighted by Gasteiger charge is 2.41. The molecule has 2 unspecified atom stereocenters. The molecule has 2 aliphatic rings. The SMILES string of the molecule is COCCCOc1cc(C(=O)N(C(C)C)C2CC[C@H](CC=O)N(C(=O)OC(C)(C)C)C2)ccc1OC.COCCCOc1cc(C(=O)N(C(C)C)C2CC[C@H](CCNC(C)C)N(C(=O)OC(C)(C)C)C2)ccc1OC. The summed E-state index contributed by atoms with van der Waals surface area (Å²) in [7, 11) is 6.43. The third-order valence-corrected chi connectivity index (χ3v) is 12.7. The van der Waals surface area contributed by atoms with Crippen molar-refractivity contribution >= 4 is 30.3 Å². The summed E-state index contributed by atoms with van der Waals surface area (Å²) >= 11 is 0. The average Bonchev–Trinajstić information content (AvgIpc) is 3.33. The van der Waals surface area contributed by atoms with E-state index in [0.29, 0.717) is 98.9 Å². The van der Waals surface area contributed by atoms with Gasteiger partial charge in [0.2, 0.25) is 0 Å². The Hall–Kier alpha value is -5.33. The maximum Gasteiger partial charge on any atom is 0.410 e. The molecule has 2 aliphatic heterocycles. The molecule has 2 heterocycles.